The Kier molecular flexibility index (Phi) is 3.72. The van der Waals surface area contributed by atoms with Crippen molar-refractivity contribution in [2.24, 2.45) is 0 Å². The van der Waals surface area contributed by atoms with Crippen LogP contribution < -0.4 is 0 Å². The van der Waals surface area contributed by atoms with Crippen molar-refractivity contribution in [1.82, 2.24) is 9.78 Å². The summed E-state index contributed by atoms with van der Waals surface area (Å²) in [5, 5.41) is 15.2. The van der Waals surface area contributed by atoms with Crippen molar-refractivity contribution in [3.63, 3.8) is 0 Å². The van der Waals surface area contributed by atoms with Crippen molar-refractivity contribution in [3.8, 4) is 0 Å². The predicted molar refractivity (Wildman–Crippen MR) is 68.4 cm³/mol. The first kappa shape index (κ1) is 12.4. The van der Waals surface area contributed by atoms with Crippen molar-refractivity contribution in [1.29, 1.82) is 0 Å². The van der Waals surface area contributed by atoms with E-state index in [1.165, 1.54) is 0 Å². The van der Waals surface area contributed by atoms with E-state index in [2.05, 4.69) is 5.10 Å². The molecule has 1 unspecified atom stereocenters. The van der Waals surface area contributed by atoms with Crippen LogP contribution in [0, 0.1) is 0 Å². The van der Waals surface area contributed by atoms with E-state index in [-0.39, 0.29) is 0 Å². The predicted octanol–water partition coefficient (Wildman–Crippen LogP) is 3.29. The molecule has 0 aliphatic rings. The Hall–Kier alpha value is -1.03. The molecule has 2 rings (SSSR count). The van der Waals surface area contributed by atoms with Gasteiger partial charge in [0.25, 0.3) is 0 Å². The van der Waals surface area contributed by atoms with Crippen LogP contribution in [0.15, 0.2) is 30.6 Å². The quantitative estimate of drug-likeness (QED) is 0.930. The Morgan fingerprint density at radius 3 is 2.65 bits per heavy atom. The van der Waals surface area contributed by atoms with Crippen LogP contribution in [0.25, 0.3) is 0 Å². The van der Waals surface area contributed by atoms with E-state index in [9.17, 15) is 5.11 Å². The van der Waals surface area contributed by atoms with E-state index in [0.29, 0.717) is 15.6 Å². The van der Waals surface area contributed by atoms with Gasteiger partial charge in [-0.1, -0.05) is 29.3 Å². The fourth-order valence-electron chi connectivity index (χ4n) is 1.57. The third kappa shape index (κ3) is 2.63. The van der Waals surface area contributed by atoms with Crippen LogP contribution in [0.1, 0.15) is 24.2 Å². The van der Waals surface area contributed by atoms with Crippen molar-refractivity contribution < 1.29 is 5.11 Å². The normalized spacial score (nSPS) is 12.7. The molecule has 1 atom stereocenters. The molecule has 17 heavy (non-hydrogen) atoms. The lowest BCUT2D eigenvalue weighted by atomic mass is 10.1. The number of aryl methyl sites for hydroxylation is 1. The molecule has 0 bridgehead atoms. The largest absolute Gasteiger partial charge is 0.384 e. The first-order valence-corrected chi connectivity index (χ1v) is 6.02. The first-order valence-electron chi connectivity index (χ1n) is 5.27. The van der Waals surface area contributed by atoms with Gasteiger partial charge in [-0.05, 0) is 24.6 Å². The molecule has 3 nitrogen and oxygen atoms in total. The fraction of sp³-hybridized carbons (Fsp3) is 0.250. The van der Waals surface area contributed by atoms with E-state index in [0.717, 1.165) is 12.1 Å². The SMILES string of the molecule is CCn1cc(C(O)c2ccc(Cl)c(Cl)c2)cn1. The van der Waals surface area contributed by atoms with E-state index in [1.807, 2.05) is 13.1 Å². The second kappa shape index (κ2) is 5.08. The van der Waals surface area contributed by atoms with Crippen LogP contribution in [0.2, 0.25) is 10.0 Å². The number of halogens is 2. The molecule has 0 fully saturated rings. The van der Waals surface area contributed by atoms with E-state index in [4.69, 9.17) is 23.2 Å². The number of rotatable bonds is 3. The zero-order valence-corrected chi connectivity index (χ0v) is 10.8. The molecule has 1 heterocycles. The van der Waals surface area contributed by atoms with Gasteiger partial charge in [0.1, 0.15) is 6.10 Å². The van der Waals surface area contributed by atoms with Crippen LogP contribution >= 0.6 is 23.2 Å². The minimum atomic E-state index is -0.731. The molecule has 5 heteroatoms. The van der Waals surface area contributed by atoms with Crippen molar-refractivity contribution >= 4 is 23.2 Å². The fourth-order valence-corrected chi connectivity index (χ4v) is 1.88. The highest BCUT2D eigenvalue weighted by atomic mass is 35.5. The molecule has 0 saturated heterocycles. The zero-order chi connectivity index (χ0) is 12.4. The van der Waals surface area contributed by atoms with Crippen LogP contribution in [-0.2, 0) is 6.54 Å². The van der Waals surface area contributed by atoms with Crippen molar-refractivity contribution in [3.05, 3.63) is 51.8 Å². The monoisotopic (exact) mass is 270 g/mol. The Morgan fingerprint density at radius 2 is 2.06 bits per heavy atom. The number of aliphatic hydroxyl groups is 1. The lowest BCUT2D eigenvalue weighted by Crippen LogP contribution is -1.98. The lowest BCUT2D eigenvalue weighted by Gasteiger charge is -2.09. The summed E-state index contributed by atoms with van der Waals surface area (Å²) in [6, 6.07) is 5.09. The average molecular weight is 271 g/mol. The molecular formula is C12H12Cl2N2O. The standard InChI is InChI=1S/C12H12Cl2N2O/c1-2-16-7-9(6-15-16)12(17)8-3-4-10(13)11(14)5-8/h3-7,12,17H,2H2,1H3. The molecular weight excluding hydrogens is 259 g/mol. The van der Waals surface area contributed by atoms with Crippen molar-refractivity contribution in [2.75, 3.05) is 0 Å². The first-order chi connectivity index (χ1) is 8.11. The van der Waals surface area contributed by atoms with Crippen LogP contribution in [0.3, 0.4) is 0 Å². The summed E-state index contributed by atoms with van der Waals surface area (Å²) in [5.74, 6) is 0. The van der Waals surface area contributed by atoms with E-state index in [1.54, 1.807) is 29.1 Å². The summed E-state index contributed by atoms with van der Waals surface area (Å²) in [6.45, 7) is 2.76. The van der Waals surface area contributed by atoms with Gasteiger partial charge in [-0.25, -0.2) is 0 Å². The molecule has 90 valence electrons. The van der Waals surface area contributed by atoms with Gasteiger partial charge >= 0.3 is 0 Å². The number of aromatic nitrogens is 2. The van der Waals surface area contributed by atoms with Gasteiger partial charge in [0.15, 0.2) is 0 Å². The molecule has 0 saturated carbocycles. The molecule has 1 N–H and O–H groups in total. The second-order valence-corrected chi connectivity index (χ2v) is 4.52. The molecule has 0 amide bonds. The smallest absolute Gasteiger partial charge is 0.107 e. The van der Waals surface area contributed by atoms with Crippen LogP contribution in [-0.4, -0.2) is 14.9 Å². The van der Waals surface area contributed by atoms with E-state index >= 15 is 0 Å². The highest BCUT2D eigenvalue weighted by Crippen LogP contribution is 2.28. The highest BCUT2D eigenvalue weighted by molar-refractivity contribution is 6.42. The number of hydrogen-bond donors (Lipinski definition) is 1. The minimum absolute atomic E-state index is 0.436. The minimum Gasteiger partial charge on any atom is -0.384 e. The molecule has 0 spiro atoms. The van der Waals surface area contributed by atoms with Crippen molar-refractivity contribution in [2.45, 2.75) is 19.6 Å². The maximum atomic E-state index is 10.2. The topological polar surface area (TPSA) is 38.0 Å². The van der Waals surface area contributed by atoms with E-state index < -0.39 is 6.10 Å². The Bertz CT molecular complexity index is 525. The highest BCUT2D eigenvalue weighted by Gasteiger charge is 2.13. The lowest BCUT2D eigenvalue weighted by molar-refractivity contribution is 0.220. The van der Waals surface area contributed by atoms with Gasteiger partial charge < -0.3 is 5.11 Å². The second-order valence-electron chi connectivity index (χ2n) is 3.71. The van der Waals surface area contributed by atoms with Gasteiger partial charge in [-0.3, -0.25) is 4.68 Å². The Balaban J connectivity index is 2.29. The average Bonchev–Trinajstić information content (AvgIpc) is 2.80. The molecule has 0 aliphatic carbocycles. The third-order valence-corrected chi connectivity index (χ3v) is 3.29. The van der Waals surface area contributed by atoms with Gasteiger partial charge in [-0.15, -0.1) is 0 Å². The summed E-state index contributed by atoms with van der Waals surface area (Å²) in [6.07, 6.45) is 2.73. The number of nitrogens with zero attached hydrogens (tertiary/aromatic N) is 2. The third-order valence-electron chi connectivity index (χ3n) is 2.55. The summed E-state index contributed by atoms with van der Waals surface area (Å²) >= 11 is 11.7. The molecule has 1 aromatic carbocycles. The van der Waals surface area contributed by atoms with Gasteiger partial charge in [0, 0.05) is 18.3 Å². The van der Waals surface area contributed by atoms with Gasteiger partial charge in [-0.2, -0.15) is 5.10 Å². The van der Waals surface area contributed by atoms with Crippen LogP contribution in [0.4, 0.5) is 0 Å². The summed E-state index contributed by atoms with van der Waals surface area (Å²) in [4.78, 5) is 0. The number of aliphatic hydroxyl groups excluding tert-OH is 1. The summed E-state index contributed by atoms with van der Waals surface area (Å²) in [7, 11) is 0. The molecule has 0 aliphatic heterocycles. The number of hydrogen-bond acceptors (Lipinski definition) is 2. The zero-order valence-electron chi connectivity index (χ0n) is 9.27. The maximum absolute atomic E-state index is 10.2. The summed E-state index contributed by atoms with van der Waals surface area (Å²) in [5.41, 5.74) is 1.44. The summed E-state index contributed by atoms with van der Waals surface area (Å²) < 4.78 is 1.76. The van der Waals surface area contributed by atoms with Crippen LogP contribution in [0.5, 0.6) is 0 Å². The van der Waals surface area contributed by atoms with Gasteiger partial charge in [0.2, 0.25) is 0 Å². The Morgan fingerprint density at radius 1 is 1.29 bits per heavy atom. The molecule has 1 aromatic heterocycles. The van der Waals surface area contributed by atoms with Gasteiger partial charge in [0.05, 0.1) is 16.2 Å². The molecule has 2 aromatic rings. The maximum Gasteiger partial charge on any atom is 0.107 e. The molecule has 0 radical (unpaired) electrons. The number of benzene rings is 1. The Labute approximate surface area is 110 Å².